The van der Waals surface area contributed by atoms with Gasteiger partial charge in [-0.1, -0.05) is 24.3 Å². The van der Waals surface area contributed by atoms with Crippen LogP contribution in [-0.2, 0) is 12.8 Å². The normalized spacial score (nSPS) is 17.6. The molecule has 0 unspecified atom stereocenters. The van der Waals surface area contributed by atoms with Gasteiger partial charge < -0.3 is 5.32 Å². The van der Waals surface area contributed by atoms with Crippen molar-refractivity contribution in [3.8, 4) is 0 Å². The molecule has 1 nitrogen and oxygen atoms in total. The van der Waals surface area contributed by atoms with Crippen LogP contribution < -0.4 is 5.32 Å². The molecular weight excluding hydrogens is 227 g/mol. The first-order chi connectivity index (χ1) is 8.04. The lowest BCUT2D eigenvalue weighted by Gasteiger charge is -2.17. The fourth-order valence-corrected chi connectivity index (χ4v) is 2.31. The van der Waals surface area contributed by atoms with Gasteiger partial charge in [-0.05, 0) is 36.8 Å². The highest BCUT2D eigenvalue weighted by atomic mass is 19.4. The van der Waals surface area contributed by atoms with E-state index in [4.69, 9.17) is 0 Å². The SMILES string of the molecule is FC(F)(F)CNC1CCc2ccccc2CC1. The Morgan fingerprint density at radius 3 is 2.06 bits per heavy atom. The van der Waals surface area contributed by atoms with Crippen LogP contribution in [-0.4, -0.2) is 18.8 Å². The maximum atomic E-state index is 12.1. The third kappa shape index (κ3) is 3.73. The fourth-order valence-electron chi connectivity index (χ4n) is 2.31. The summed E-state index contributed by atoms with van der Waals surface area (Å²) in [4.78, 5) is 0. The van der Waals surface area contributed by atoms with E-state index in [2.05, 4.69) is 17.4 Å². The molecule has 4 heteroatoms. The molecule has 0 spiro atoms. The van der Waals surface area contributed by atoms with Crippen LogP contribution in [0.2, 0.25) is 0 Å². The van der Waals surface area contributed by atoms with Crippen LogP contribution in [0.3, 0.4) is 0 Å². The smallest absolute Gasteiger partial charge is 0.306 e. The Bertz CT molecular complexity index is 346. The molecule has 2 rings (SSSR count). The zero-order valence-electron chi connectivity index (χ0n) is 9.56. The lowest BCUT2D eigenvalue weighted by molar-refractivity contribution is -0.126. The monoisotopic (exact) mass is 243 g/mol. The van der Waals surface area contributed by atoms with E-state index in [1.807, 2.05) is 12.1 Å². The Labute approximate surface area is 99.0 Å². The van der Waals surface area contributed by atoms with Crippen LogP contribution in [0.15, 0.2) is 24.3 Å². The van der Waals surface area contributed by atoms with Crippen molar-refractivity contribution < 1.29 is 13.2 Å². The number of hydrogen-bond acceptors (Lipinski definition) is 1. The Morgan fingerprint density at radius 2 is 1.59 bits per heavy atom. The molecule has 1 aromatic carbocycles. The maximum Gasteiger partial charge on any atom is 0.401 e. The van der Waals surface area contributed by atoms with Gasteiger partial charge in [0.1, 0.15) is 0 Å². The van der Waals surface area contributed by atoms with Crippen molar-refractivity contribution in [3.05, 3.63) is 35.4 Å². The van der Waals surface area contributed by atoms with E-state index >= 15 is 0 Å². The minimum absolute atomic E-state index is 0.0241. The van der Waals surface area contributed by atoms with E-state index in [1.165, 1.54) is 11.1 Å². The van der Waals surface area contributed by atoms with Crippen molar-refractivity contribution in [2.24, 2.45) is 0 Å². The predicted molar refractivity (Wildman–Crippen MR) is 60.9 cm³/mol. The number of aryl methyl sites for hydroxylation is 2. The number of benzene rings is 1. The molecule has 1 aliphatic carbocycles. The number of fused-ring (bicyclic) bond motifs is 1. The van der Waals surface area contributed by atoms with Gasteiger partial charge in [-0.15, -0.1) is 0 Å². The number of nitrogens with one attached hydrogen (secondary N) is 1. The third-order valence-electron chi connectivity index (χ3n) is 3.23. The average Bonchev–Trinajstić information content (AvgIpc) is 2.48. The van der Waals surface area contributed by atoms with Crippen LogP contribution in [0.1, 0.15) is 24.0 Å². The van der Waals surface area contributed by atoms with Crippen LogP contribution in [0.25, 0.3) is 0 Å². The van der Waals surface area contributed by atoms with E-state index in [0.717, 1.165) is 25.7 Å². The van der Waals surface area contributed by atoms with Gasteiger partial charge in [-0.3, -0.25) is 0 Å². The summed E-state index contributed by atoms with van der Waals surface area (Å²) in [6.45, 7) is -0.881. The average molecular weight is 243 g/mol. The first kappa shape index (κ1) is 12.4. The molecule has 0 fully saturated rings. The van der Waals surface area contributed by atoms with Gasteiger partial charge in [-0.2, -0.15) is 13.2 Å². The van der Waals surface area contributed by atoms with Crippen molar-refractivity contribution in [1.29, 1.82) is 0 Å². The molecule has 0 aliphatic heterocycles. The second-order valence-electron chi connectivity index (χ2n) is 4.54. The molecule has 0 bridgehead atoms. The van der Waals surface area contributed by atoms with Crippen molar-refractivity contribution >= 4 is 0 Å². The fraction of sp³-hybridized carbons (Fsp3) is 0.538. The van der Waals surface area contributed by atoms with E-state index < -0.39 is 12.7 Å². The maximum absolute atomic E-state index is 12.1. The molecule has 17 heavy (non-hydrogen) atoms. The number of alkyl halides is 3. The molecule has 1 N–H and O–H groups in total. The minimum atomic E-state index is -4.11. The van der Waals surface area contributed by atoms with Gasteiger partial charge in [0.05, 0.1) is 6.54 Å². The van der Waals surface area contributed by atoms with Crippen molar-refractivity contribution in [3.63, 3.8) is 0 Å². The van der Waals surface area contributed by atoms with Gasteiger partial charge >= 0.3 is 6.18 Å². The zero-order chi connectivity index (χ0) is 12.3. The highest BCUT2D eigenvalue weighted by Gasteiger charge is 2.28. The minimum Gasteiger partial charge on any atom is -0.306 e. The molecule has 0 saturated carbocycles. The molecule has 0 heterocycles. The van der Waals surface area contributed by atoms with E-state index in [9.17, 15) is 13.2 Å². The molecule has 0 amide bonds. The van der Waals surface area contributed by atoms with E-state index in [1.54, 1.807) is 0 Å². The predicted octanol–water partition coefficient (Wildman–Crippen LogP) is 3.09. The van der Waals surface area contributed by atoms with E-state index in [-0.39, 0.29) is 6.04 Å². The van der Waals surface area contributed by atoms with Crippen LogP contribution >= 0.6 is 0 Å². The summed E-state index contributed by atoms with van der Waals surface area (Å²) in [6, 6.07) is 8.09. The second-order valence-corrected chi connectivity index (χ2v) is 4.54. The highest BCUT2D eigenvalue weighted by molar-refractivity contribution is 5.28. The number of halogens is 3. The molecule has 94 valence electrons. The molecule has 0 radical (unpaired) electrons. The first-order valence-electron chi connectivity index (χ1n) is 5.91. The number of hydrogen-bond donors (Lipinski definition) is 1. The Hall–Kier alpha value is -1.03. The summed E-state index contributed by atoms with van der Waals surface area (Å²) >= 11 is 0. The van der Waals surface area contributed by atoms with Gasteiger partial charge in [0.25, 0.3) is 0 Å². The molecular formula is C13H16F3N. The standard InChI is InChI=1S/C13H16F3N/c14-13(15,16)9-17-12-7-5-10-3-1-2-4-11(10)6-8-12/h1-4,12,17H,5-9H2. The summed E-state index contributed by atoms with van der Waals surface area (Å²) in [7, 11) is 0. The lowest BCUT2D eigenvalue weighted by atomic mass is 10.0. The van der Waals surface area contributed by atoms with E-state index in [0.29, 0.717) is 0 Å². The second kappa shape index (κ2) is 5.08. The summed E-state index contributed by atoms with van der Waals surface area (Å²) in [6.07, 6.45) is -0.809. The lowest BCUT2D eigenvalue weighted by Crippen LogP contribution is -2.37. The highest BCUT2D eigenvalue weighted by Crippen LogP contribution is 2.21. The molecule has 1 aliphatic rings. The molecule has 0 aromatic heterocycles. The topological polar surface area (TPSA) is 12.0 Å². The summed E-state index contributed by atoms with van der Waals surface area (Å²) in [5, 5.41) is 2.61. The van der Waals surface area contributed by atoms with Gasteiger partial charge in [0.2, 0.25) is 0 Å². The molecule has 0 atom stereocenters. The van der Waals surface area contributed by atoms with Crippen LogP contribution in [0, 0.1) is 0 Å². The first-order valence-corrected chi connectivity index (χ1v) is 5.91. The third-order valence-corrected chi connectivity index (χ3v) is 3.23. The summed E-state index contributed by atoms with van der Waals surface area (Å²) in [5.41, 5.74) is 2.56. The Morgan fingerprint density at radius 1 is 1.06 bits per heavy atom. The van der Waals surface area contributed by atoms with Crippen molar-refractivity contribution in [2.45, 2.75) is 37.9 Å². The molecule has 0 saturated heterocycles. The van der Waals surface area contributed by atoms with Crippen LogP contribution in [0.5, 0.6) is 0 Å². The Balaban J connectivity index is 1.91. The van der Waals surface area contributed by atoms with Crippen LogP contribution in [0.4, 0.5) is 13.2 Å². The quantitative estimate of drug-likeness (QED) is 0.787. The molecule has 1 aromatic rings. The summed E-state index contributed by atoms with van der Waals surface area (Å²) < 4.78 is 36.3. The zero-order valence-corrected chi connectivity index (χ0v) is 9.56. The van der Waals surface area contributed by atoms with Crippen molar-refractivity contribution in [2.75, 3.05) is 6.54 Å². The summed E-state index contributed by atoms with van der Waals surface area (Å²) in [5.74, 6) is 0. The largest absolute Gasteiger partial charge is 0.401 e. The van der Waals surface area contributed by atoms with Crippen molar-refractivity contribution in [1.82, 2.24) is 5.32 Å². The number of rotatable bonds is 2. The van der Waals surface area contributed by atoms with Gasteiger partial charge in [-0.25, -0.2) is 0 Å². The van der Waals surface area contributed by atoms with Gasteiger partial charge in [0.15, 0.2) is 0 Å². The Kier molecular flexibility index (Phi) is 3.72. The van der Waals surface area contributed by atoms with Gasteiger partial charge in [0, 0.05) is 6.04 Å².